The summed E-state index contributed by atoms with van der Waals surface area (Å²) in [6.45, 7) is 16.8. The van der Waals surface area contributed by atoms with Crippen LogP contribution < -0.4 is 0 Å². The highest BCUT2D eigenvalue weighted by molar-refractivity contribution is 5.86. The molecule has 31 heavy (non-hydrogen) atoms. The largest absolute Gasteiger partial charge is 0.299 e. The quantitative estimate of drug-likeness (QED) is 0.419. The maximum Gasteiger partial charge on any atom is 0.138 e. The molecule has 0 aromatic heterocycles. The van der Waals surface area contributed by atoms with Crippen molar-refractivity contribution in [3.8, 4) is 0 Å². The predicted octanol–water partition coefficient (Wildman–Crippen LogP) is 8.15. The van der Waals surface area contributed by atoms with Crippen molar-refractivity contribution in [1.82, 2.24) is 0 Å². The van der Waals surface area contributed by atoms with E-state index in [2.05, 4.69) is 66.7 Å². The van der Waals surface area contributed by atoms with Crippen molar-refractivity contribution in [2.75, 3.05) is 0 Å². The first-order chi connectivity index (χ1) is 14.4. The van der Waals surface area contributed by atoms with Crippen LogP contribution in [-0.4, -0.2) is 5.78 Å². The van der Waals surface area contributed by atoms with E-state index < -0.39 is 0 Å². The second-order valence-electron chi connectivity index (χ2n) is 13.8. The summed E-state index contributed by atoms with van der Waals surface area (Å²) in [6, 6.07) is 0. The average molecular weight is 423 g/mol. The summed E-state index contributed by atoms with van der Waals surface area (Å²) in [5.74, 6) is 3.56. The molecular formula is C30H46O. The molecule has 5 saturated carbocycles. The van der Waals surface area contributed by atoms with Gasteiger partial charge in [-0.05, 0) is 111 Å². The molecule has 0 radical (unpaired) electrons. The van der Waals surface area contributed by atoms with Gasteiger partial charge in [0.15, 0.2) is 0 Å². The molecule has 2 spiro atoms. The van der Waals surface area contributed by atoms with Crippen LogP contribution >= 0.6 is 0 Å². The predicted molar refractivity (Wildman–Crippen MR) is 130 cm³/mol. The Hall–Kier alpha value is -0.850. The van der Waals surface area contributed by atoms with Gasteiger partial charge in [0.2, 0.25) is 0 Å². The zero-order valence-corrected chi connectivity index (χ0v) is 21.3. The summed E-state index contributed by atoms with van der Waals surface area (Å²) in [6.07, 6.45) is 18.9. The highest BCUT2D eigenvalue weighted by Gasteiger charge is 2.82. The molecule has 5 fully saturated rings. The Morgan fingerprint density at radius 2 is 1.58 bits per heavy atom. The molecule has 0 heterocycles. The van der Waals surface area contributed by atoms with Gasteiger partial charge in [-0.2, -0.15) is 0 Å². The molecule has 1 nitrogen and oxygen atoms in total. The Morgan fingerprint density at radius 3 is 2.29 bits per heavy atom. The lowest BCUT2D eigenvalue weighted by Gasteiger charge is -2.62. The van der Waals surface area contributed by atoms with Gasteiger partial charge in [0, 0.05) is 11.8 Å². The number of rotatable bonds is 3. The SMILES string of the molecule is CC(C)=CC=CC(C)C1CCC2(C)C3CCC4C(C)(C)C(=O)CCC45CC35CCC12C. The summed E-state index contributed by atoms with van der Waals surface area (Å²) in [5.41, 5.74) is 3.32. The molecule has 172 valence electrons. The van der Waals surface area contributed by atoms with Crippen LogP contribution in [0, 0.1) is 50.7 Å². The lowest BCUT2D eigenvalue weighted by Crippen LogP contribution is -2.57. The second kappa shape index (κ2) is 6.60. The maximum atomic E-state index is 12.8. The number of hydrogen-bond acceptors (Lipinski definition) is 1. The van der Waals surface area contributed by atoms with E-state index in [0.29, 0.717) is 39.3 Å². The van der Waals surface area contributed by atoms with E-state index in [1.165, 1.54) is 56.9 Å². The maximum absolute atomic E-state index is 12.8. The normalized spacial score (nSPS) is 50.8. The zero-order chi connectivity index (χ0) is 22.4. The van der Waals surface area contributed by atoms with Gasteiger partial charge in [0.1, 0.15) is 5.78 Å². The summed E-state index contributed by atoms with van der Waals surface area (Å²) in [5, 5.41) is 0. The van der Waals surface area contributed by atoms with Gasteiger partial charge in [0.05, 0.1) is 0 Å². The van der Waals surface area contributed by atoms with Crippen molar-refractivity contribution in [1.29, 1.82) is 0 Å². The second-order valence-corrected chi connectivity index (χ2v) is 13.8. The monoisotopic (exact) mass is 422 g/mol. The number of ketones is 1. The van der Waals surface area contributed by atoms with Crippen LogP contribution in [0.5, 0.6) is 0 Å². The third-order valence-electron chi connectivity index (χ3n) is 12.4. The highest BCUT2D eigenvalue weighted by Crippen LogP contribution is 2.88. The number of carbonyl (C=O) groups excluding carboxylic acids is 1. The van der Waals surface area contributed by atoms with Gasteiger partial charge in [-0.1, -0.05) is 58.4 Å². The molecule has 0 aromatic rings. The Labute approximate surface area is 191 Å². The molecule has 8 unspecified atom stereocenters. The molecule has 0 aliphatic heterocycles. The van der Waals surface area contributed by atoms with Crippen molar-refractivity contribution in [3.05, 3.63) is 23.8 Å². The summed E-state index contributed by atoms with van der Waals surface area (Å²) < 4.78 is 0. The molecule has 0 N–H and O–H groups in total. The molecule has 0 saturated heterocycles. The fourth-order valence-corrected chi connectivity index (χ4v) is 10.6. The average Bonchev–Trinajstić information content (AvgIpc) is 3.27. The minimum absolute atomic E-state index is 0.0865. The van der Waals surface area contributed by atoms with Crippen LogP contribution in [0.1, 0.15) is 106 Å². The van der Waals surface area contributed by atoms with E-state index in [-0.39, 0.29) is 5.41 Å². The van der Waals surface area contributed by atoms with Crippen LogP contribution in [0.3, 0.4) is 0 Å². The molecule has 5 rings (SSSR count). The summed E-state index contributed by atoms with van der Waals surface area (Å²) in [4.78, 5) is 12.8. The number of Topliss-reactive ketones (excluding diaryl/α,β-unsaturated/α-hetero) is 1. The Balaban J connectivity index is 1.45. The minimum Gasteiger partial charge on any atom is -0.299 e. The standard InChI is InChI=1S/C30H46O/c1-20(2)9-8-10-21(3)22-13-15-28(7)24-12-11-23-26(4,5)25(31)14-16-29(23)19-30(24,29)18-17-27(22,28)6/h8-10,21-24H,11-19H2,1-7H3. The van der Waals surface area contributed by atoms with Crippen LogP contribution in [0.15, 0.2) is 23.8 Å². The molecule has 5 aliphatic rings. The number of fused-ring (bicyclic) bond motifs is 2. The fraction of sp³-hybridized carbons (Fsp3) is 0.833. The zero-order valence-electron chi connectivity index (χ0n) is 21.3. The van der Waals surface area contributed by atoms with Crippen molar-refractivity contribution in [2.24, 2.45) is 50.7 Å². The smallest absolute Gasteiger partial charge is 0.138 e. The minimum atomic E-state index is -0.0865. The van der Waals surface area contributed by atoms with E-state index in [4.69, 9.17) is 0 Å². The van der Waals surface area contributed by atoms with E-state index in [9.17, 15) is 4.79 Å². The fourth-order valence-electron chi connectivity index (χ4n) is 10.6. The first-order valence-corrected chi connectivity index (χ1v) is 13.3. The molecular weight excluding hydrogens is 376 g/mol. The number of carbonyl (C=O) groups is 1. The molecule has 8 atom stereocenters. The van der Waals surface area contributed by atoms with Crippen LogP contribution in [0.2, 0.25) is 0 Å². The van der Waals surface area contributed by atoms with E-state index in [0.717, 1.165) is 18.3 Å². The molecule has 0 amide bonds. The van der Waals surface area contributed by atoms with Gasteiger partial charge >= 0.3 is 0 Å². The summed E-state index contributed by atoms with van der Waals surface area (Å²) in [7, 11) is 0. The van der Waals surface area contributed by atoms with Gasteiger partial charge in [-0.3, -0.25) is 4.79 Å². The van der Waals surface area contributed by atoms with Gasteiger partial charge < -0.3 is 0 Å². The number of allylic oxidation sites excluding steroid dienone is 4. The van der Waals surface area contributed by atoms with Crippen molar-refractivity contribution in [3.63, 3.8) is 0 Å². The summed E-state index contributed by atoms with van der Waals surface area (Å²) >= 11 is 0. The number of hydrogen-bond donors (Lipinski definition) is 0. The van der Waals surface area contributed by atoms with Gasteiger partial charge in [0.25, 0.3) is 0 Å². The first kappa shape index (κ1) is 22.0. The van der Waals surface area contributed by atoms with Gasteiger partial charge in [-0.25, -0.2) is 0 Å². The first-order valence-electron chi connectivity index (χ1n) is 13.3. The highest BCUT2D eigenvalue weighted by atomic mass is 16.1. The van der Waals surface area contributed by atoms with Crippen LogP contribution in [0.4, 0.5) is 0 Å². The molecule has 5 aliphatic carbocycles. The van der Waals surface area contributed by atoms with E-state index in [1.807, 2.05) is 0 Å². The van der Waals surface area contributed by atoms with E-state index >= 15 is 0 Å². The van der Waals surface area contributed by atoms with Crippen molar-refractivity contribution in [2.45, 2.75) is 106 Å². The molecule has 0 bridgehead atoms. The van der Waals surface area contributed by atoms with Crippen molar-refractivity contribution < 1.29 is 4.79 Å². The Kier molecular flexibility index (Phi) is 4.68. The molecule has 0 aromatic carbocycles. The van der Waals surface area contributed by atoms with Crippen molar-refractivity contribution >= 4 is 5.78 Å². The lowest BCUT2D eigenvalue weighted by molar-refractivity contribution is -0.156. The third-order valence-corrected chi connectivity index (χ3v) is 12.4. The van der Waals surface area contributed by atoms with Crippen LogP contribution in [-0.2, 0) is 4.79 Å². The third kappa shape index (κ3) is 2.59. The van der Waals surface area contributed by atoms with E-state index in [1.54, 1.807) is 0 Å². The van der Waals surface area contributed by atoms with Gasteiger partial charge in [-0.15, -0.1) is 0 Å². The Bertz CT molecular complexity index is 842. The Morgan fingerprint density at radius 1 is 0.903 bits per heavy atom. The topological polar surface area (TPSA) is 17.1 Å². The molecule has 1 heteroatoms. The van der Waals surface area contributed by atoms with Crippen LogP contribution in [0.25, 0.3) is 0 Å². The lowest BCUT2D eigenvalue weighted by atomic mass is 9.42.